The molecular weight excluding hydrogens is 283 g/mol. The molecule has 0 bridgehead atoms. The molecule has 0 saturated carbocycles. The summed E-state index contributed by atoms with van der Waals surface area (Å²) in [4.78, 5) is 14.5. The first-order valence-electron chi connectivity index (χ1n) is 7.47. The van der Waals surface area contributed by atoms with Crippen LogP contribution >= 0.6 is 0 Å². The van der Waals surface area contributed by atoms with Crippen LogP contribution in [-0.2, 0) is 11.3 Å². The van der Waals surface area contributed by atoms with Crippen LogP contribution in [0.2, 0.25) is 0 Å². The summed E-state index contributed by atoms with van der Waals surface area (Å²) in [5.74, 6) is -0.244. The van der Waals surface area contributed by atoms with Crippen molar-refractivity contribution in [1.82, 2.24) is 15.1 Å². The molecular formula is C16H19FN4O. The lowest BCUT2D eigenvalue weighted by Crippen LogP contribution is -2.40. The second kappa shape index (κ2) is 6.70. The summed E-state index contributed by atoms with van der Waals surface area (Å²) >= 11 is 0. The second-order valence-corrected chi connectivity index (χ2v) is 5.68. The highest BCUT2D eigenvalue weighted by Gasteiger charge is 2.26. The average Bonchev–Trinajstić information content (AvgIpc) is 3.00. The molecule has 1 aromatic carbocycles. The fourth-order valence-corrected chi connectivity index (χ4v) is 2.87. The van der Waals surface area contributed by atoms with E-state index in [4.69, 9.17) is 0 Å². The van der Waals surface area contributed by atoms with Crippen LogP contribution in [-0.4, -0.2) is 34.1 Å². The number of aromatic amines is 1. The molecule has 1 unspecified atom stereocenters. The number of H-pyrrole nitrogens is 1. The van der Waals surface area contributed by atoms with Gasteiger partial charge in [-0.1, -0.05) is 12.1 Å². The van der Waals surface area contributed by atoms with E-state index in [1.54, 1.807) is 24.5 Å². The maximum Gasteiger partial charge on any atom is 0.228 e. The van der Waals surface area contributed by atoms with Crippen molar-refractivity contribution in [2.75, 3.05) is 18.4 Å². The number of piperidine rings is 1. The number of amides is 1. The maximum absolute atomic E-state index is 13.2. The van der Waals surface area contributed by atoms with Gasteiger partial charge in [-0.05, 0) is 37.1 Å². The van der Waals surface area contributed by atoms with Crippen molar-refractivity contribution in [3.8, 4) is 0 Å². The molecule has 3 rings (SSSR count). The molecule has 1 amide bonds. The first-order valence-corrected chi connectivity index (χ1v) is 7.47. The summed E-state index contributed by atoms with van der Waals surface area (Å²) in [6.07, 6.45) is 5.10. The Bertz CT molecular complexity index is 629. The Balaban J connectivity index is 1.58. The van der Waals surface area contributed by atoms with Crippen molar-refractivity contribution < 1.29 is 9.18 Å². The Hall–Kier alpha value is -2.21. The predicted molar refractivity (Wildman–Crippen MR) is 81.6 cm³/mol. The minimum absolute atomic E-state index is 0.0188. The van der Waals surface area contributed by atoms with Crippen LogP contribution in [0.15, 0.2) is 36.7 Å². The van der Waals surface area contributed by atoms with Gasteiger partial charge in [0.1, 0.15) is 5.82 Å². The Kier molecular flexibility index (Phi) is 4.48. The van der Waals surface area contributed by atoms with Gasteiger partial charge >= 0.3 is 0 Å². The van der Waals surface area contributed by atoms with E-state index in [9.17, 15) is 9.18 Å². The fraction of sp³-hybridized carbons (Fsp3) is 0.375. The molecule has 1 saturated heterocycles. The number of nitrogens with zero attached hydrogens (tertiary/aromatic N) is 2. The molecule has 116 valence electrons. The monoisotopic (exact) mass is 302 g/mol. The van der Waals surface area contributed by atoms with Gasteiger partial charge in [-0.3, -0.25) is 14.8 Å². The van der Waals surface area contributed by atoms with Gasteiger partial charge in [0.05, 0.1) is 17.8 Å². The number of rotatable bonds is 4. The van der Waals surface area contributed by atoms with Gasteiger partial charge in [-0.25, -0.2) is 4.39 Å². The normalized spacial score (nSPS) is 19.0. The molecule has 1 aliphatic rings. The number of anilines is 1. The molecule has 1 aromatic heterocycles. The Labute approximate surface area is 128 Å². The third-order valence-electron chi connectivity index (χ3n) is 3.94. The number of benzene rings is 1. The largest absolute Gasteiger partial charge is 0.323 e. The number of hydrogen-bond donors (Lipinski definition) is 2. The Morgan fingerprint density at radius 1 is 1.50 bits per heavy atom. The molecule has 2 N–H and O–H groups in total. The van der Waals surface area contributed by atoms with Crippen molar-refractivity contribution in [2.45, 2.75) is 19.4 Å². The van der Waals surface area contributed by atoms with Gasteiger partial charge in [0.2, 0.25) is 5.91 Å². The van der Waals surface area contributed by atoms with Crippen LogP contribution in [0.1, 0.15) is 18.4 Å². The zero-order valence-corrected chi connectivity index (χ0v) is 12.3. The lowest BCUT2D eigenvalue weighted by Gasteiger charge is -2.31. The summed E-state index contributed by atoms with van der Waals surface area (Å²) in [7, 11) is 0. The zero-order chi connectivity index (χ0) is 15.4. The number of halogens is 1. The van der Waals surface area contributed by atoms with Crippen LogP contribution in [0, 0.1) is 11.7 Å². The lowest BCUT2D eigenvalue weighted by atomic mass is 9.96. The minimum Gasteiger partial charge on any atom is -0.323 e. The molecule has 22 heavy (non-hydrogen) atoms. The smallest absolute Gasteiger partial charge is 0.228 e. The summed E-state index contributed by atoms with van der Waals surface area (Å²) in [5.41, 5.74) is 1.63. The summed E-state index contributed by atoms with van der Waals surface area (Å²) in [6.45, 7) is 2.31. The van der Waals surface area contributed by atoms with Crippen molar-refractivity contribution in [3.63, 3.8) is 0 Å². The van der Waals surface area contributed by atoms with Crippen LogP contribution in [0.4, 0.5) is 10.1 Å². The molecule has 0 spiro atoms. The Morgan fingerprint density at radius 3 is 3.18 bits per heavy atom. The van der Waals surface area contributed by atoms with Crippen LogP contribution in [0.3, 0.4) is 0 Å². The number of likely N-dealkylation sites (tertiary alicyclic amines) is 1. The highest BCUT2D eigenvalue weighted by atomic mass is 19.1. The van der Waals surface area contributed by atoms with Crippen molar-refractivity contribution >= 4 is 11.6 Å². The molecule has 1 fully saturated rings. The van der Waals surface area contributed by atoms with Gasteiger partial charge in [0, 0.05) is 19.3 Å². The standard InChI is InChI=1S/C16H19FN4O/c17-14-5-1-3-12(7-14)10-21-6-2-4-13(11-21)16(22)20-15-8-18-19-9-15/h1,3,5,7-9,13H,2,4,6,10-11H2,(H,18,19)(H,20,22). The van der Waals surface area contributed by atoms with Crippen molar-refractivity contribution in [1.29, 1.82) is 0 Å². The highest BCUT2D eigenvalue weighted by molar-refractivity contribution is 5.92. The van der Waals surface area contributed by atoms with E-state index in [2.05, 4.69) is 20.4 Å². The van der Waals surface area contributed by atoms with E-state index in [-0.39, 0.29) is 17.6 Å². The summed E-state index contributed by atoms with van der Waals surface area (Å²) in [5, 5.41) is 9.35. The summed E-state index contributed by atoms with van der Waals surface area (Å²) in [6, 6.07) is 6.63. The molecule has 0 aliphatic carbocycles. The van der Waals surface area contributed by atoms with E-state index in [0.717, 1.165) is 24.9 Å². The van der Waals surface area contributed by atoms with Gasteiger partial charge in [-0.15, -0.1) is 0 Å². The summed E-state index contributed by atoms with van der Waals surface area (Å²) < 4.78 is 13.2. The van der Waals surface area contributed by atoms with Crippen LogP contribution in [0.5, 0.6) is 0 Å². The van der Waals surface area contributed by atoms with Crippen molar-refractivity contribution in [2.24, 2.45) is 5.92 Å². The van der Waals surface area contributed by atoms with Gasteiger partial charge in [0.15, 0.2) is 0 Å². The number of carbonyl (C=O) groups excluding carboxylic acids is 1. The molecule has 6 heteroatoms. The lowest BCUT2D eigenvalue weighted by molar-refractivity contribution is -0.121. The molecule has 0 radical (unpaired) electrons. The zero-order valence-electron chi connectivity index (χ0n) is 12.3. The Morgan fingerprint density at radius 2 is 2.41 bits per heavy atom. The molecule has 5 nitrogen and oxygen atoms in total. The second-order valence-electron chi connectivity index (χ2n) is 5.68. The first kappa shape index (κ1) is 14.7. The SMILES string of the molecule is O=C(Nc1cn[nH]c1)C1CCCN(Cc2cccc(F)c2)C1. The predicted octanol–water partition coefficient (Wildman–Crippen LogP) is 2.40. The van der Waals surface area contributed by atoms with E-state index < -0.39 is 0 Å². The number of hydrogen-bond acceptors (Lipinski definition) is 3. The van der Waals surface area contributed by atoms with Crippen LogP contribution < -0.4 is 5.32 Å². The first-order chi connectivity index (χ1) is 10.7. The number of aromatic nitrogens is 2. The van der Waals surface area contributed by atoms with E-state index >= 15 is 0 Å². The molecule has 2 aromatic rings. The molecule has 2 heterocycles. The maximum atomic E-state index is 13.2. The topological polar surface area (TPSA) is 61.0 Å². The number of nitrogens with one attached hydrogen (secondary N) is 2. The number of carbonyl (C=O) groups is 1. The van der Waals surface area contributed by atoms with Gasteiger partial charge < -0.3 is 5.32 Å². The van der Waals surface area contributed by atoms with E-state index in [1.165, 1.54) is 6.07 Å². The molecule has 1 atom stereocenters. The van der Waals surface area contributed by atoms with Crippen molar-refractivity contribution in [3.05, 3.63) is 48.0 Å². The highest BCUT2D eigenvalue weighted by Crippen LogP contribution is 2.20. The third-order valence-corrected chi connectivity index (χ3v) is 3.94. The van der Waals surface area contributed by atoms with Gasteiger partial charge in [-0.2, -0.15) is 5.10 Å². The van der Waals surface area contributed by atoms with Gasteiger partial charge in [0.25, 0.3) is 0 Å². The third kappa shape index (κ3) is 3.71. The van der Waals surface area contributed by atoms with Crippen LogP contribution in [0.25, 0.3) is 0 Å². The fourth-order valence-electron chi connectivity index (χ4n) is 2.87. The van der Waals surface area contributed by atoms with E-state index in [0.29, 0.717) is 18.8 Å². The average molecular weight is 302 g/mol. The minimum atomic E-state index is -0.219. The molecule has 1 aliphatic heterocycles. The quantitative estimate of drug-likeness (QED) is 0.911. The van der Waals surface area contributed by atoms with E-state index in [1.807, 2.05) is 6.07 Å².